The highest BCUT2D eigenvalue weighted by Crippen LogP contribution is 2.10. The van der Waals surface area contributed by atoms with Gasteiger partial charge in [0.1, 0.15) is 5.82 Å². The molecule has 0 bridgehead atoms. The fraction of sp³-hybridized carbons (Fsp3) is 0.522. The molecule has 1 aromatic heterocycles. The van der Waals surface area contributed by atoms with Crippen molar-refractivity contribution in [2.45, 2.75) is 25.9 Å². The van der Waals surface area contributed by atoms with Gasteiger partial charge in [-0.15, -0.1) is 24.0 Å². The smallest absolute Gasteiger partial charge is 0.236 e. The Morgan fingerprint density at radius 3 is 2.44 bits per heavy atom. The Hall–Kier alpha value is -2.14. The number of carbonyl (C=O) groups excluding carboxylic acids is 1. The van der Waals surface area contributed by atoms with Crippen LogP contribution in [0.5, 0.6) is 0 Å². The molecule has 0 unspecified atom stereocenters. The average Bonchev–Trinajstić information content (AvgIpc) is 3.49. The van der Waals surface area contributed by atoms with Crippen molar-refractivity contribution in [2.75, 3.05) is 52.9 Å². The third-order valence-corrected chi connectivity index (χ3v) is 6.10. The van der Waals surface area contributed by atoms with Crippen LogP contribution in [0.1, 0.15) is 24.2 Å². The summed E-state index contributed by atoms with van der Waals surface area (Å²) in [5.74, 6) is 2.15. The van der Waals surface area contributed by atoms with E-state index in [2.05, 4.69) is 53.9 Å². The number of amides is 1. The van der Waals surface area contributed by atoms with Gasteiger partial charge in [-0.3, -0.25) is 14.7 Å². The van der Waals surface area contributed by atoms with Crippen LogP contribution in [0, 0.1) is 0 Å². The van der Waals surface area contributed by atoms with E-state index in [-0.39, 0.29) is 29.9 Å². The van der Waals surface area contributed by atoms with E-state index in [0.717, 1.165) is 70.4 Å². The number of hydrogen-bond acceptors (Lipinski definition) is 4. The fourth-order valence-corrected chi connectivity index (χ4v) is 4.30. The lowest BCUT2D eigenvalue weighted by molar-refractivity contribution is -0.131. The molecule has 1 N–H and O–H groups in total. The Morgan fingerprint density at radius 2 is 1.75 bits per heavy atom. The minimum Gasteiger partial charge on any atom is -0.349 e. The second kappa shape index (κ2) is 12.2. The van der Waals surface area contributed by atoms with E-state index >= 15 is 0 Å². The predicted octanol–water partition coefficient (Wildman–Crippen LogP) is 1.86. The van der Waals surface area contributed by atoms with E-state index in [9.17, 15) is 4.79 Å². The van der Waals surface area contributed by atoms with Crippen LogP contribution in [-0.4, -0.2) is 89.0 Å². The van der Waals surface area contributed by atoms with E-state index in [1.54, 1.807) is 0 Å². The summed E-state index contributed by atoms with van der Waals surface area (Å²) in [6.07, 6.45) is 6.15. The predicted molar refractivity (Wildman–Crippen MR) is 137 cm³/mol. The molecule has 0 saturated carbocycles. The molecule has 0 radical (unpaired) electrons. The van der Waals surface area contributed by atoms with Gasteiger partial charge in [0.25, 0.3) is 0 Å². The maximum atomic E-state index is 12.4. The normalized spacial score (nSPS) is 17.3. The number of nitrogens with zero attached hydrogens (tertiary/aromatic N) is 6. The highest BCUT2D eigenvalue weighted by Gasteiger charge is 2.24. The maximum absolute atomic E-state index is 12.4. The third kappa shape index (κ3) is 6.44. The van der Waals surface area contributed by atoms with Crippen LogP contribution in [-0.2, 0) is 17.9 Å². The lowest BCUT2D eigenvalue weighted by atomic mass is 10.2. The first kappa shape index (κ1) is 24.5. The summed E-state index contributed by atoms with van der Waals surface area (Å²) in [7, 11) is 1.82. The molecule has 3 heterocycles. The summed E-state index contributed by atoms with van der Waals surface area (Å²) < 4.78 is 2.16. The average molecular weight is 551 g/mol. The number of aliphatic imine (C=N–C) groups is 1. The number of benzene rings is 1. The van der Waals surface area contributed by atoms with Crippen LogP contribution >= 0.6 is 24.0 Å². The fourth-order valence-electron chi connectivity index (χ4n) is 4.30. The molecule has 2 fully saturated rings. The number of nitrogens with one attached hydrogen (secondary N) is 1. The summed E-state index contributed by atoms with van der Waals surface area (Å²) >= 11 is 0. The monoisotopic (exact) mass is 551 g/mol. The number of likely N-dealkylation sites (tertiary alicyclic amines) is 1. The minimum atomic E-state index is 0. The van der Waals surface area contributed by atoms with Crippen LogP contribution in [0.2, 0.25) is 0 Å². The number of piperazine rings is 1. The Labute approximate surface area is 207 Å². The Kier molecular flexibility index (Phi) is 9.34. The topological polar surface area (TPSA) is 69.0 Å². The summed E-state index contributed by atoms with van der Waals surface area (Å²) in [5.41, 5.74) is 1.26. The zero-order valence-electron chi connectivity index (χ0n) is 18.8. The molecule has 9 heteroatoms. The second-order valence-electron chi connectivity index (χ2n) is 8.21. The summed E-state index contributed by atoms with van der Waals surface area (Å²) in [6.45, 7) is 7.31. The molecule has 0 spiro atoms. The Bertz CT molecular complexity index is 871. The van der Waals surface area contributed by atoms with Crippen molar-refractivity contribution >= 4 is 35.8 Å². The molecule has 0 aliphatic carbocycles. The van der Waals surface area contributed by atoms with Crippen molar-refractivity contribution < 1.29 is 4.79 Å². The summed E-state index contributed by atoms with van der Waals surface area (Å²) in [4.78, 5) is 27.9. The standard InChI is InChI=1S/C23H33N7O.HI/c1-24-23(26-17-21-25-9-12-30(21)18-20-7-3-2-4-8-20)29-15-13-27(14-16-29)19-22(31)28-10-5-6-11-28;/h2-4,7-9,12H,5-6,10-11,13-19H2,1H3,(H,24,26);1H. The maximum Gasteiger partial charge on any atom is 0.236 e. The van der Waals surface area contributed by atoms with E-state index in [1.807, 2.05) is 30.4 Å². The van der Waals surface area contributed by atoms with Gasteiger partial charge in [0, 0.05) is 65.3 Å². The zero-order valence-corrected chi connectivity index (χ0v) is 21.1. The second-order valence-corrected chi connectivity index (χ2v) is 8.21. The summed E-state index contributed by atoms with van der Waals surface area (Å²) in [5, 5.41) is 3.47. The number of guanidine groups is 1. The van der Waals surface area contributed by atoms with E-state index in [4.69, 9.17) is 0 Å². The quantitative estimate of drug-likeness (QED) is 0.338. The third-order valence-electron chi connectivity index (χ3n) is 6.10. The van der Waals surface area contributed by atoms with Crippen molar-refractivity contribution in [3.8, 4) is 0 Å². The Balaban J connectivity index is 0.00000289. The molecular formula is C23H34IN7O. The molecule has 8 nitrogen and oxygen atoms in total. The molecule has 1 aromatic carbocycles. The van der Waals surface area contributed by atoms with Gasteiger partial charge in [-0.05, 0) is 18.4 Å². The zero-order chi connectivity index (χ0) is 21.5. The van der Waals surface area contributed by atoms with Gasteiger partial charge in [-0.1, -0.05) is 30.3 Å². The van der Waals surface area contributed by atoms with Crippen molar-refractivity contribution in [1.82, 2.24) is 29.6 Å². The van der Waals surface area contributed by atoms with Gasteiger partial charge < -0.3 is 19.7 Å². The molecule has 0 atom stereocenters. The van der Waals surface area contributed by atoms with Gasteiger partial charge >= 0.3 is 0 Å². The van der Waals surface area contributed by atoms with Crippen LogP contribution in [0.4, 0.5) is 0 Å². The number of imidazole rings is 1. The minimum absolute atomic E-state index is 0. The van der Waals surface area contributed by atoms with Crippen molar-refractivity contribution in [3.63, 3.8) is 0 Å². The van der Waals surface area contributed by atoms with Crippen LogP contribution in [0.25, 0.3) is 0 Å². The largest absolute Gasteiger partial charge is 0.349 e. The molecule has 2 saturated heterocycles. The first-order valence-corrected chi connectivity index (χ1v) is 11.2. The number of aromatic nitrogens is 2. The Morgan fingerprint density at radius 1 is 1.03 bits per heavy atom. The molecule has 1 amide bonds. The first-order chi connectivity index (χ1) is 15.2. The van der Waals surface area contributed by atoms with E-state index in [0.29, 0.717) is 13.1 Å². The van der Waals surface area contributed by atoms with Crippen LogP contribution in [0.15, 0.2) is 47.7 Å². The first-order valence-electron chi connectivity index (χ1n) is 11.2. The molecule has 2 aliphatic rings. The van der Waals surface area contributed by atoms with Crippen molar-refractivity contribution in [2.24, 2.45) is 4.99 Å². The van der Waals surface area contributed by atoms with Crippen LogP contribution in [0.3, 0.4) is 0 Å². The highest BCUT2D eigenvalue weighted by molar-refractivity contribution is 14.0. The van der Waals surface area contributed by atoms with E-state index in [1.165, 1.54) is 5.56 Å². The van der Waals surface area contributed by atoms with Crippen molar-refractivity contribution in [3.05, 3.63) is 54.1 Å². The molecule has 2 aromatic rings. The van der Waals surface area contributed by atoms with Gasteiger partial charge in [-0.2, -0.15) is 0 Å². The number of rotatable bonds is 6. The van der Waals surface area contributed by atoms with Crippen molar-refractivity contribution in [1.29, 1.82) is 0 Å². The van der Waals surface area contributed by atoms with Gasteiger partial charge in [0.15, 0.2) is 5.96 Å². The lowest BCUT2D eigenvalue weighted by Gasteiger charge is -2.36. The number of carbonyl (C=O) groups is 1. The highest BCUT2D eigenvalue weighted by atomic mass is 127. The molecule has 4 rings (SSSR count). The van der Waals surface area contributed by atoms with Crippen LogP contribution < -0.4 is 5.32 Å². The molecule has 2 aliphatic heterocycles. The summed E-state index contributed by atoms with van der Waals surface area (Å²) in [6, 6.07) is 10.4. The molecule has 174 valence electrons. The van der Waals surface area contributed by atoms with Gasteiger partial charge in [0.05, 0.1) is 13.1 Å². The van der Waals surface area contributed by atoms with Gasteiger partial charge in [0.2, 0.25) is 5.91 Å². The molecular weight excluding hydrogens is 517 g/mol. The SMILES string of the molecule is CN=C(NCc1nccn1Cc1ccccc1)N1CCN(CC(=O)N2CCCC2)CC1.I. The number of hydrogen-bond donors (Lipinski definition) is 1. The molecule has 32 heavy (non-hydrogen) atoms. The number of halogens is 1. The van der Waals surface area contributed by atoms with E-state index < -0.39 is 0 Å². The van der Waals surface area contributed by atoms with Gasteiger partial charge in [-0.25, -0.2) is 4.98 Å². The lowest BCUT2D eigenvalue weighted by Crippen LogP contribution is -2.54.